The average molecular weight is 346 g/mol. The summed E-state index contributed by atoms with van der Waals surface area (Å²) < 4.78 is 24.1. The van der Waals surface area contributed by atoms with Crippen LogP contribution in [0.4, 0.5) is 14.9 Å². The first kappa shape index (κ1) is 17.0. The van der Waals surface area contributed by atoms with Crippen molar-refractivity contribution in [3.8, 4) is 11.3 Å². The number of amides is 2. The molecule has 0 radical (unpaired) electrons. The standard InChI is InChI=1S/C18H19FN2O4/c1-18(16(22)24-2)7-8-21(11-18)17(23)20-14-10-12(5-6-13(14)19)15-4-3-9-25-15/h3-6,9-10H,7-8,11H2,1-2H3,(H,20,23)/t18-/m1/s1. The van der Waals surface area contributed by atoms with E-state index in [0.717, 1.165) is 0 Å². The number of hydrogen-bond donors (Lipinski definition) is 1. The molecule has 1 N–H and O–H groups in total. The number of hydrogen-bond acceptors (Lipinski definition) is 4. The molecule has 25 heavy (non-hydrogen) atoms. The van der Waals surface area contributed by atoms with Crippen LogP contribution in [0.1, 0.15) is 13.3 Å². The van der Waals surface area contributed by atoms with Gasteiger partial charge in [0.1, 0.15) is 11.6 Å². The number of rotatable bonds is 3. The summed E-state index contributed by atoms with van der Waals surface area (Å²) in [4.78, 5) is 25.8. The number of methoxy groups -OCH3 is 1. The van der Waals surface area contributed by atoms with Crippen LogP contribution in [0.2, 0.25) is 0 Å². The van der Waals surface area contributed by atoms with Crippen molar-refractivity contribution >= 4 is 17.7 Å². The van der Waals surface area contributed by atoms with Gasteiger partial charge in [0.15, 0.2) is 0 Å². The second-order valence-electron chi connectivity index (χ2n) is 6.33. The molecule has 0 bridgehead atoms. The molecule has 1 aromatic heterocycles. The van der Waals surface area contributed by atoms with Gasteiger partial charge < -0.3 is 19.4 Å². The van der Waals surface area contributed by atoms with Gasteiger partial charge in [0, 0.05) is 18.7 Å². The van der Waals surface area contributed by atoms with Gasteiger partial charge in [0.05, 0.1) is 24.5 Å². The first-order chi connectivity index (χ1) is 11.9. The van der Waals surface area contributed by atoms with Crippen molar-refractivity contribution < 1.29 is 23.1 Å². The Morgan fingerprint density at radius 3 is 2.84 bits per heavy atom. The fourth-order valence-electron chi connectivity index (χ4n) is 2.96. The van der Waals surface area contributed by atoms with Gasteiger partial charge in [0.2, 0.25) is 0 Å². The number of esters is 1. The summed E-state index contributed by atoms with van der Waals surface area (Å²) >= 11 is 0. The predicted octanol–water partition coefficient (Wildman–Crippen LogP) is 3.50. The number of benzene rings is 1. The quantitative estimate of drug-likeness (QED) is 0.864. The normalized spacial score (nSPS) is 19.7. The Kier molecular flexibility index (Phi) is 4.48. The Bertz CT molecular complexity index is 790. The number of ether oxygens (including phenoxy) is 1. The van der Waals surface area contributed by atoms with E-state index in [1.807, 2.05) is 0 Å². The number of carbonyl (C=O) groups excluding carboxylic acids is 2. The molecule has 1 aliphatic heterocycles. The number of halogens is 1. The summed E-state index contributed by atoms with van der Waals surface area (Å²) in [6, 6.07) is 7.39. The largest absolute Gasteiger partial charge is 0.469 e. The van der Waals surface area contributed by atoms with Crippen LogP contribution in [-0.2, 0) is 9.53 Å². The van der Waals surface area contributed by atoms with Crippen molar-refractivity contribution in [1.29, 1.82) is 0 Å². The summed E-state index contributed by atoms with van der Waals surface area (Å²) in [5.41, 5.74) is -0.0196. The third-order valence-electron chi connectivity index (χ3n) is 4.45. The number of likely N-dealkylation sites (tertiary alicyclic amines) is 1. The lowest BCUT2D eigenvalue weighted by Gasteiger charge is -2.22. The second kappa shape index (κ2) is 6.58. The fourth-order valence-corrected chi connectivity index (χ4v) is 2.96. The van der Waals surface area contributed by atoms with Crippen LogP contribution < -0.4 is 5.32 Å². The fraction of sp³-hybridized carbons (Fsp3) is 0.333. The predicted molar refractivity (Wildman–Crippen MR) is 89.4 cm³/mol. The molecule has 0 unspecified atom stereocenters. The highest BCUT2D eigenvalue weighted by Crippen LogP contribution is 2.32. The van der Waals surface area contributed by atoms with Gasteiger partial charge in [0.25, 0.3) is 0 Å². The number of anilines is 1. The SMILES string of the molecule is COC(=O)[C@]1(C)CCN(C(=O)Nc2cc(-c3ccco3)ccc2F)C1. The summed E-state index contributed by atoms with van der Waals surface area (Å²) in [6.07, 6.45) is 2.02. The first-order valence-electron chi connectivity index (χ1n) is 7.91. The van der Waals surface area contributed by atoms with E-state index < -0.39 is 17.3 Å². The first-order valence-corrected chi connectivity index (χ1v) is 7.91. The molecule has 0 saturated carbocycles. The maximum atomic E-state index is 14.1. The highest BCUT2D eigenvalue weighted by atomic mass is 19.1. The van der Waals surface area contributed by atoms with Crippen molar-refractivity contribution in [1.82, 2.24) is 4.90 Å². The van der Waals surface area contributed by atoms with E-state index >= 15 is 0 Å². The molecule has 0 aliphatic carbocycles. The number of nitrogens with zero attached hydrogens (tertiary/aromatic N) is 1. The zero-order chi connectivity index (χ0) is 18.0. The molecule has 2 heterocycles. The van der Waals surface area contributed by atoms with Gasteiger partial charge in [-0.3, -0.25) is 4.79 Å². The molecule has 2 amide bonds. The van der Waals surface area contributed by atoms with E-state index in [-0.39, 0.29) is 18.2 Å². The summed E-state index contributed by atoms with van der Waals surface area (Å²) in [7, 11) is 1.33. The molecule has 1 fully saturated rings. The van der Waals surface area contributed by atoms with Crippen molar-refractivity contribution in [2.45, 2.75) is 13.3 Å². The van der Waals surface area contributed by atoms with Crippen LogP contribution in [0, 0.1) is 11.2 Å². The third-order valence-corrected chi connectivity index (χ3v) is 4.45. The second-order valence-corrected chi connectivity index (χ2v) is 6.33. The Morgan fingerprint density at radius 1 is 1.36 bits per heavy atom. The lowest BCUT2D eigenvalue weighted by Crippen LogP contribution is -2.37. The van der Waals surface area contributed by atoms with Gasteiger partial charge in [-0.25, -0.2) is 9.18 Å². The zero-order valence-electron chi connectivity index (χ0n) is 14.0. The highest BCUT2D eigenvalue weighted by molar-refractivity contribution is 5.91. The van der Waals surface area contributed by atoms with Gasteiger partial charge in [-0.05, 0) is 43.7 Å². The Balaban J connectivity index is 1.74. The van der Waals surface area contributed by atoms with Crippen LogP contribution in [0.3, 0.4) is 0 Å². The average Bonchev–Trinajstić information content (AvgIpc) is 3.26. The highest BCUT2D eigenvalue weighted by Gasteiger charge is 2.43. The van der Waals surface area contributed by atoms with Crippen LogP contribution in [0.25, 0.3) is 11.3 Å². The summed E-state index contributed by atoms with van der Waals surface area (Å²) in [6.45, 7) is 2.38. The van der Waals surface area contributed by atoms with E-state index in [1.165, 1.54) is 30.4 Å². The monoisotopic (exact) mass is 346 g/mol. The molecule has 1 aromatic carbocycles. The molecule has 2 aromatic rings. The molecular weight excluding hydrogens is 327 g/mol. The minimum Gasteiger partial charge on any atom is -0.469 e. The third kappa shape index (κ3) is 3.35. The lowest BCUT2D eigenvalue weighted by atomic mass is 9.90. The van der Waals surface area contributed by atoms with Crippen molar-refractivity contribution in [2.75, 3.05) is 25.5 Å². The van der Waals surface area contributed by atoms with Gasteiger partial charge in [-0.15, -0.1) is 0 Å². The molecule has 1 aliphatic rings. The van der Waals surface area contributed by atoms with Crippen LogP contribution >= 0.6 is 0 Å². The van der Waals surface area contributed by atoms with Crippen molar-refractivity contribution in [2.24, 2.45) is 5.41 Å². The molecule has 7 heteroatoms. The van der Waals surface area contributed by atoms with E-state index in [0.29, 0.717) is 24.3 Å². The van der Waals surface area contributed by atoms with Crippen molar-refractivity contribution in [3.05, 3.63) is 42.4 Å². The Labute approximate surface area is 144 Å². The van der Waals surface area contributed by atoms with E-state index in [9.17, 15) is 14.0 Å². The van der Waals surface area contributed by atoms with Crippen molar-refractivity contribution in [3.63, 3.8) is 0 Å². The van der Waals surface area contributed by atoms with Crippen LogP contribution in [-0.4, -0.2) is 37.1 Å². The maximum Gasteiger partial charge on any atom is 0.321 e. The molecule has 3 rings (SSSR count). The molecule has 6 nitrogen and oxygen atoms in total. The Morgan fingerprint density at radius 2 is 2.16 bits per heavy atom. The van der Waals surface area contributed by atoms with Gasteiger partial charge in [-0.2, -0.15) is 0 Å². The van der Waals surface area contributed by atoms with Crippen LogP contribution in [0.5, 0.6) is 0 Å². The minimum absolute atomic E-state index is 0.0607. The topological polar surface area (TPSA) is 71.8 Å². The number of carbonyl (C=O) groups is 2. The molecule has 1 atom stereocenters. The van der Waals surface area contributed by atoms with E-state index in [2.05, 4.69) is 5.32 Å². The van der Waals surface area contributed by atoms with Gasteiger partial charge in [-0.1, -0.05) is 0 Å². The number of urea groups is 1. The molecular formula is C18H19FN2O4. The number of furan rings is 1. The zero-order valence-corrected chi connectivity index (χ0v) is 14.0. The lowest BCUT2D eigenvalue weighted by molar-refractivity contribution is -0.150. The summed E-state index contributed by atoms with van der Waals surface area (Å²) in [5, 5.41) is 2.57. The number of nitrogens with one attached hydrogen (secondary N) is 1. The molecule has 1 saturated heterocycles. The molecule has 132 valence electrons. The van der Waals surface area contributed by atoms with E-state index in [4.69, 9.17) is 9.15 Å². The van der Waals surface area contributed by atoms with Gasteiger partial charge >= 0.3 is 12.0 Å². The van der Waals surface area contributed by atoms with Crippen LogP contribution in [0.15, 0.2) is 41.0 Å². The maximum absolute atomic E-state index is 14.1. The summed E-state index contributed by atoms with van der Waals surface area (Å²) in [5.74, 6) is -0.317. The Hall–Kier alpha value is -2.83. The van der Waals surface area contributed by atoms with E-state index in [1.54, 1.807) is 25.1 Å². The minimum atomic E-state index is -0.735. The smallest absolute Gasteiger partial charge is 0.321 e. The molecule has 0 spiro atoms.